The first-order valence-electron chi connectivity index (χ1n) is 6.81. The molecule has 2 rings (SSSR count). The van der Waals surface area contributed by atoms with E-state index >= 15 is 0 Å². The highest BCUT2D eigenvalue weighted by atomic mass is 16.1. The molecule has 0 radical (unpaired) electrons. The smallest absolute Gasteiger partial charge is 0.217 e. The van der Waals surface area contributed by atoms with Gasteiger partial charge in [-0.15, -0.1) is 0 Å². The van der Waals surface area contributed by atoms with Crippen molar-refractivity contribution in [2.45, 2.75) is 32.2 Å². The lowest BCUT2D eigenvalue weighted by molar-refractivity contribution is -0.119. The molecule has 1 amide bonds. The molecule has 4 N–H and O–H groups in total. The fourth-order valence-corrected chi connectivity index (χ4v) is 2.53. The molecule has 1 saturated heterocycles. The van der Waals surface area contributed by atoms with Crippen LogP contribution in [0.15, 0.2) is 18.3 Å². The van der Waals surface area contributed by atoms with Crippen molar-refractivity contribution in [2.24, 2.45) is 17.4 Å². The van der Waals surface area contributed by atoms with Gasteiger partial charge in [0.15, 0.2) is 0 Å². The van der Waals surface area contributed by atoms with Crippen LogP contribution in [-0.4, -0.2) is 24.0 Å². The van der Waals surface area contributed by atoms with Crippen molar-refractivity contribution in [1.82, 2.24) is 4.98 Å². The first-order chi connectivity index (χ1) is 9.06. The van der Waals surface area contributed by atoms with E-state index in [4.69, 9.17) is 11.5 Å². The standard InChI is InChI=1S/C14H22N4O/c1-10(15)13-3-2-12(9-17-13)18-6-4-11(5-7-18)8-14(16)19/h2-3,9-11H,4-8,15H2,1H3,(H2,16,19)/t10-/m1/s1. The number of anilines is 1. The van der Waals surface area contributed by atoms with Gasteiger partial charge in [-0.3, -0.25) is 9.78 Å². The van der Waals surface area contributed by atoms with Crippen LogP contribution in [0, 0.1) is 5.92 Å². The number of carbonyl (C=O) groups excluding carboxylic acids is 1. The Labute approximate surface area is 114 Å². The number of hydrogen-bond acceptors (Lipinski definition) is 4. The lowest BCUT2D eigenvalue weighted by Gasteiger charge is -2.33. The van der Waals surface area contributed by atoms with Crippen molar-refractivity contribution < 1.29 is 4.79 Å². The highest BCUT2D eigenvalue weighted by molar-refractivity contribution is 5.74. The molecule has 1 atom stereocenters. The Kier molecular flexibility index (Phi) is 4.37. The maximum absolute atomic E-state index is 10.9. The Balaban J connectivity index is 1.92. The Morgan fingerprint density at radius 1 is 1.47 bits per heavy atom. The molecule has 2 heterocycles. The second-order valence-corrected chi connectivity index (χ2v) is 5.33. The zero-order chi connectivity index (χ0) is 13.8. The van der Waals surface area contributed by atoms with Crippen LogP contribution in [0.2, 0.25) is 0 Å². The van der Waals surface area contributed by atoms with Crippen LogP contribution in [0.1, 0.15) is 37.9 Å². The van der Waals surface area contributed by atoms with Gasteiger partial charge in [0.25, 0.3) is 0 Å². The van der Waals surface area contributed by atoms with Crippen molar-refractivity contribution >= 4 is 11.6 Å². The summed E-state index contributed by atoms with van der Waals surface area (Å²) in [7, 11) is 0. The van der Waals surface area contributed by atoms with Crippen LogP contribution in [0.3, 0.4) is 0 Å². The maximum atomic E-state index is 10.9. The summed E-state index contributed by atoms with van der Waals surface area (Å²) in [6.45, 7) is 3.84. The fourth-order valence-electron chi connectivity index (χ4n) is 2.53. The summed E-state index contributed by atoms with van der Waals surface area (Å²) < 4.78 is 0. The van der Waals surface area contributed by atoms with Crippen LogP contribution >= 0.6 is 0 Å². The third kappa shape index (κ3) is 3.67. The second-order valence-electron chi connectivity index (χ2n) is 5.33. The van der Waals surface area contributed by atoms with Gasteiger partial charge in [-0.25, -0.2) is 0 Å². The summed E-state index contributed by atoms with van der Waals surface area (Å²) in [6, 6.07) is 4.02. The minimum absolute atomic E-state index is 0.0321. The molecule has 19 heavy (non-hydrogen) atoms. The Bertz CT molecular complexity index is 422. The quantitative estimate of drug-likeness (QED) is 0.853. The normalized spacial score (nSPS) is 18.3. The minimum Gasteiger partial charge on any atom is -0.370 e. The number of pyridine rings is 1. The lowest BCUT2D eigenvalue weighted by atomic mass is 9.93. The molecule has 0 unspecified atom stereocenters. The van der Waals surface area contributed by atoms with Gasteiger partial charge in [-0.05, 0) is 37.8 Å². The summed E-state index contributed by atoms with van der Waals surface area (Å²) in [5, 5.41) is 0. The molecular weight excluding hydrogens is 240 g/mol. The third-order valence-corrected chi connectivity index (χ3v) is 3.71. The maximum Gasteiger partial charge on any atom is 0.217 e. The molecule has 5 heteroatoms. The topological polar surface area (TPSA) is 85.2 Å². The molecule has 104 valence electrons. The molecule has 0 aromatic carbocycles. The van der Waals surface area contributed by atoms with Crippen molar-refractivity contribution in [3.63, 3.8) is 0 Å². The SMILES string of the molecule is C[C@@H](N)c1ccc(N2CCC(CC(N)=O)CC2)cn1. The van der Waals surface area contributed by atoms with Crippen molar-refractivity contribution in [1.29, 1.82) is 0 Å². The predicted molar refractivity (Wildman–Crippen MR) is 75.6 cm³/mol. The number of hydrogen-bond donors (Lipinski definition) is 2. The number of carbonyl (C=O) groups is 1. The third-order valence-electron chi connectivity index (χ3n) is 3.71. The Morgan fingerprint density at radius 3 is 2.63 bits per heavy atom. The molecule has 1 aromatic rings. The van der Waals surface area contributed by atoms with Gasteiger partial charge in [0, 0.05) is 25.6 Å². The van der Waals surface area contributed by atoms with Crippen molar-refractivity contribution in [3.8, 4) is 0 Å². The van der Waals surface area contributed by atoms with E-state index in [1.54, 1.807) is 0 Å². The number of rotatable bonds is 4. The molecule has 1 fully saturated rings. The predicted octanol–water partition coefficient (Wildman–Crippen LogP) is 1.19. The van der Waals surface area contributed by atoms with Crippen LogP contribution in [0.4, 0.5) is 5.69 Å². The van der Waals surface area contributed by atoms with E-state index in [1.165, 1.54) is 0 Å². The van der Waals surface area contributed by atoms with E-state index in [0.717, 1.165) is 37.3 Å². The van der Waals surface area contributed by atoms with Gasteiger partial charge < -0.3 is 16.4 Å². The van der Waals surface area contributed by atoms with Gasteiger partial charge in [0.2, 0.25) is 5.91 Å². The summed E-state index contributed by atoms with van der Waals surface area (Å²) >= 11 is 0. The van der Waals surface area contributed by atoms with E-state index in [0.29, 0.717) is 12.3 Å². The number of nitrogens with two attached hydrogens (primary N) is 2. The van der Waals surface area contributed by atoms with Gasteiger partial charge in [-0.1, -0.05) is 0 Å². The van der Waals surface area contributed by atoms with Gasteiger partial charge >= 0.3 is 0 Å². The molecular formula is C14H22N4O. The number of primary amides is 1. The van der Waals surface area contributed by atoms with Gasteiger partial charge in [-0.2, -0.15) is 0 Å². The van der Waals surface area contributed by atoms with Gasteiger partial charge in [0.1, 0.15) is 0 Å². The molecule has 0 saturated carbocycles. The van der Waals surface area contributed by atoms with Crippen LogP contribution in [-0.2, 0) is 4.79 Å². The Hall–Kier alpha value is -1.62. The first-order valence-corrected chi connectivity index (χ1v) is 6.81. The molecule has 1 aliphatic rings. The molecule has 1 aliphatic heterocycles. The average molecular weight is 262 g/mol. The van der Waals surface area contributed by atoms with Crippen LogP contribution in [0.5, 0.6) is 0 Å². The zero-order valence-electron chi connectivity index (χ0n) is 11.4. The average Bonchev–Trinajstić information content (AvgIpc) is 2.39. The fraction of sp³-hybridized carbons (Fsp3) is 0.571. The molecule has 0 spiro atoms. The second kappa shape index (κ2) is 6.02. The van der Waals surface area contributed by atoms with Gasteiger partial charge in [0.05, 0.1) is 17.6 Å². The number of aromatic nitrogens is 1. The molecule has 0 bridgehead atoms. The van der Waals surface area contributed by atoms with E-state index in [2.05, 4.69) is 16.0 Å². The highest BCUT2D eigenvalue weighted by Gasteiger charge is 2.21. The van der Waals surface area contributed by atoms with E-state index in [-0.39, 0.29) is 11.9 Å². The van der Waals surface area contributed by atoms with E-state index < -0.39 is 0 Å². The summed E-state index contributed by atoms with van der Waals surface area (Å²) in [4.78, 5) is 17.6. The minimum atomic E-state index is -0.193. The number of piperidine rings is 1. The highest BCUT2D eigenvalue weighted by Crippen LogP contribution is 2.25. The van der Waals surface area contributed by atoms with Crippen molar-refractivity contribution in [3.05, 3.63) is 24.0 Å². The zero-order valence-corrected chi connectivity index (χ0v) is 11.4. The van der Waals surface area contributed by atoms with E-state index in [1.807, 2.05) is 19.2 Å². The Morgan fingerprint density at radius 2 is 2.16 bits per heavy atom. The molecule has 1 aromatic heterocycles. The first kappa shape index (κ1) is 13.8. The van der Waals surface area contributed by atoms with E-state index in [9.17, 15) is 4.79 Å². The molecule has 0 aliphatic carbocycles. The summed E-state index contributed by atoms with van der Waals surface area (Å²) in [5.74, 6) is 0.242. The summed E-state index contributed by atoms with van der Waals surface area (Å²) in [6.07, 6.45) is 4.42. The molecule has 5 nitrogen and oxygen atoms in total. The van der Waals surface area contributed by atoms with Crippen molar-refractivity contribution in [2.75, 3.05) is 18.0 Å². The number of amides is 1. The van der Waals surface area contributed by atoms with Crippen LogP contribution in [0.25, 0.3) is 0 Å². The lowest BCUT2D eigenvalue weighted by Crippen LogP contribution is -2.35. The summed E-state index contributed by atoms with van der Waals surface area (Å²) in [5.41, 5.74) is 13.1. The number of nitrogens with zero attached hydrogens (tertiary/aromatic N) is 2. The van der Waals surface area contributed by atoms with Crippen LogP contribution < -0.4 is 16.4 Å². The largest absolute Gasteiger partial charge is 0.370 e. The monoisotopic (exact) mass is 262 g/mol.